The second-order valence-corrected chi connectivity index (χ2v) is 6.09. The van der Waals surface area contributed by atoms with E-state index in [0.717, 1.165) is 0 Å². The molecule has 0 unspecified atom stereocenters. The van der Waals surface area contributed by atoms with Crippen molar-refractivity contribution < 1.29 is 30.8 Å². The van der Waals surface area contributed by atoms with Crippen molar-refractivity contribution in [3.8, 4) is 5.75 Å². The lowest BCUT2D eigenvalue weighted by Crippen LogP contribution is -2.11. The highest BCUT2D eigenvalue weighted by Crippen LogP contribution is 2.21. The Labute approximate surface area is 129 Å². The predicted molar refractivity (Wildman–Crippen MR) is 70.8 cm³/mol. The van der Waals surface area contributed by atoms with E-state index < -0.39 is 22.6 Å². The number of ether oxygens (including phenoxy) is 1. The zero-order chi connectivity index (χ0) is 17.1. The van der Waals surface area contributed by atoms with Crippen LogP contribution < -0.4 is 9.88 Å². The second-order valence-electron chi connectivity index (χ2n) is 4.52. The lowest BCUT2D eigenvalue weighted by atomic mass is 10.3. The number of aryl methyl sites for hydroxylation is 1. The van der Waals surface area contributed by atoms with Gasteiger partial charge in [-0.3, -0.25) is 0 Å². The molecular weight excluding hydrogens is 339 g/mol. The third-order valence-corrected chi connectivity index (χ3v) is 3.59. The first kappa shape index (κ1) is 17.2. The van der Waals surface area contributed by atoms with Gasteiger partial charge in [0.2, 0.25) is 10.0 Å². The molecule has 0 aliphatic heterocycles. The summed E-state index contributed by atoms with van der Waals surface area (Å²) in [5.41, 5.74) is 0. The number of alkyl halides is 3. The summed E-state index contributed by atoms with van der Waals surface area (Å²) in [5, 5.41) is 8.37. The van der Waals surface area contributed by atoms with E-state index in [1.807, 2.05) is 0 Å². The van der Waals surface area contributed by atoms with Gasteiger partial charge in [-0.05, 0) is 24.3 Å². The van der Waals surface area contributed by atoms with Crippen molar-refractivity contribution >= 4 is 10.0 Å². The number of hydrogen-bond acceptors (Lipinski definition) is 6. The van der Waals surface area contributed by atoms with Crippen LogP contribution in [0.5, 0.6) is 5.75 Å². The van der Waals surface area contributed by atoms with Gasteiger partial charge in [0, 0.05) is 6.42 Å². The van der Waals surface area contributed by atoms with E-state index in [1.54, 1.807) is 0 Å². The summed E-state index contributed by atoms with van der Waals surface area (Å²) in [7, 11) is -3.79. The molecule has 0 bridgehead atoms. The number of primary sulfonamides is 1. The maximum atomic E-state index is 12.1. The normalized spacial score (nSPS) is 12.3. The van der Waals surface area contributed by atoms with Gasteiger partial charge in [-0.1, -0.05) is 5.16 Å². The Morgan fingerprint density at radius 2 is 1.87 bits per heavy atom. The van der Waals surface area contributed by atoms with Gasteiger partial charge in [0.25, 0.3) is 5.89 Å². The summed E-state index contributed by atoms with van der Waals surface area (Å²) in [6.07, 6.45) is -5.71. The Kier molecular flexibility index (Phi) is 4.90. The van der Waals surface area contributed by atoms with Gasteiger partial charge in [0.05, 0.1) is 11.3 Å². The number of benzene rings is 1. The zero-order valence-corrected chi connectivity index (χ0v) is 12.4. The van der Waals surface area contributed by atoms with Crippen molar-refractivity contribution in [1.29, 1.82) is 0 Å². The maximum Gasteiger partial charge on any atom is 0.389 e. The van der Waals surface area contributed by atoms with Crippen LogP contribution in [0.2, 0.25) is 0 Å². The largest absolute Gasteiger partial charge is 0.484 e. The molecule has 126 valence electrons. The Bertz CT molecular complexity index is 757. The number of sulfonamides is 1. The standard InChI is InChI=1S/C12H12F3N3O4S/c13-12(14,15)6-5-10-17-11(22-18-10)7-21-8-1-3-9(4-2-8)23(16,19)20/h1-4H,5-7H2,(H2,16,19,20). The van der Waals surface area contributed by atoms with E-state index in [0.29, 0.717) is 5.75 Å². The molecular formula is C12H12F3N3O4S. The third kappa shape index (κ3) is 5.53. The molecule has 2 N–H and O–H groups in total. The molecule has 0 radical (unpaired) electrons. The average molecular weight is 351 g/mol. The van der Waals surface area contributed by atoms with Crippen LogP contribution in [0.3, 0.4) is 0 Å². The summed E-state index contributed by atoms with van der Waals surface area (Å²) in [6, 6.07) is 5.27. The van der Waals surface area contributed by atoms with E-state index in [4.69, 9.17) is 14.4 Å². The number of rotatable bonds is 6. The number of hydrogen-bond donors (Lipinski definition) is 1. The van der Waals surface area contributed by atoms with Crippen molar-refractivity contribution in [3.63, 3.8) is 0 Å². The second kappa shape index (κ2) is 6.54. The van der Waals surface area contributed by atoms with Gasteiger partial charge in [-0.15, -0.1) is 0 Å². The topological polar surface area (TPSA) is 108 Å². The summed E-state index contributed by atoms with van der Waals surface area (Å²) < 4.78 is 68.4. The number of aromatic nitrogens is 2. The molecule has 2 aromatic rings. The molecule has 0 spiro atoms. The molecule has 0 amide bonds. The number of nitrogens with two attached hydrogens (primary N) is 1. The van der Waals surface area contributed by atoms with Crippen molar-refractivity contribution in [2.45, 2.75) is 30.5 Å². The molecule has 0 aliphatic rings. The highest BCUT2D eigenvalue weighted by Gasteiger charge is 2.27. The fourth-order valence-corrected chi connectivity index (χ4v) is 2.09. The third-order valence-electron chi connectivity index (χ3n) is 2.66. The fraction of sp³-hybridized carbons (Fsp3) is 0.333. The molecule has 23 heavy (non-hydrogen) atoms. The van der Waals surface area contributed by atoms with Gasteiger partial charge < -0.3 is 9.26 Å². The van der Waals surface area contributed by atoms with Crippen molar-refractivity contribution in [1.82, 2.24) is 10.1 Å². The molecule has 7 nitrogen and oxygen atoms in total. The van der Waals surface area contributed by atoms with Gasteiger partial charge in [-0.25, -0.2) is 13.6 Å². The van der Waals surface area contributed by atoms with Crippen LogP contribution in [-0.4, -0.2) is 24.7 Å². The molecule has 11 heteroatoms. The van der Waals surface area contributed by atoms with Crippen molar-refractivity contribution in [2.75, 3.05) is 0 Å². The van der Waals surface area contributed by atoms with Crippen LogP contribution in [0.15, 0.2) is 33.7 Å². The molecule has 2 rings (SSSR count). The average Bonchev–Trinajstić information content (AvgIpc) is 2.90. The van der Waals surface area contributed by atoms with E-state index in [-0.39, 0.29) is 29.6 Å². The molecule has 0 aliphatic carbocycles. The Morgan fingerprint density at radius 1 is 1.22 bits per heavy atom. The number of nitrogens with zero attached hydrogens (tertiary/aromatic N) is 2. The van der Waals surface area contributed by atoms with Gasteiger partial charge >= 0.3 is 6.18 Å². The quantitative estimate of drug-likeness (QED) is 0.850. The van der Waals surface area contributed by atoms with Crippen LogP contribution in [0.1, 0.15) is 18.1 Å². The first-order valence-electron chi connectivity index (χ1n) is 6.27. The highest BCUT2D eigenvalue weighted by atomic mass is 32.2. The summed E-state index contributed by atoms with van der Waals surface area (Å²) in [4.78, 5) is 3.69. The predicted octanol–water partition coefficient (Wildman–Crippen LogP) is 1.79. The highest BCUT2D eigenvalue weighted by molar-refractivity contribution is 7.89. The molecule has 1 heterocycles. The van der Waals surface area contributed by atoms with Gasteiger partial charge in [0.1, 0.15) is 5.75 Å². The fourth-order valence-electron chi connectivity index (χ4n) is 1.57. The van der Waals surface area contributed by atoms with Crippen molar-refractivity contribution in [2.24, 2.45) is 5.14 Å². The zero-order valence-electron chi connectivity index (χ0n) is 11.6. The van der Waals surface area contributed by atoms with E-state index in [1.165, 1.54) is 24.3 Å². The van der Waals surface area contributed by atoms with Gasteiger partial charge in [-0.2, -0.15) is 18.2 Å². The summed E-state index contributed by atoms with van der Waals surface area (Å²) >= 11 is 0. The number of halogens is 3. The molecule has 1 aromatic carbocycles. The minimum atomic E-state index is -4.29. The Morgan fingerprint density at radius 3 is 2.43 bits per heavy atom. The molecule has 0 atom stereocenters. The van der Waals surface area contributed by atoms with Crippen LogP contribution in [0.4, 0.5) is 13.2 Å². The Hall–Kier alpha value is -2.14. The van der Waals surface area contributed by atoms with E-state index in [2.05, 4.69) is 10.1 Å². The SMILES string of the molecule is NS(=O)(=O)c1ccc(OCc2nc(CCC(F)(F)F)no2)cc1. The van der Waals surface area contributed by atoms with Gasteiger partial charge in [0.15, 0.2) is 12.4 Å². The van der Waals surface area contributed by atoms with Crippen LogP contribution in [0.25, 0.3) is 0 Å². The minimum absolute atomic E-state index is 0.0118. The first-order chi connectivity index (χ1) is 10.6. The lowest BCUT2D eigenvalue weighted by Gasteiger charge is -2.04. The minimum Gasteiger partial charge on any atom is -0.484 e. The molecule has 1 aromatic heterocycles. The van der Waals surface area contributed by atoms with E-state index >= 15 is 0 Å². The van der Waals surface area contributed by atoms with E-state index in [9.17, 15) is 21.6 Å². The van der Waals surface area contributed by atoms with Crippen LogP contribution in [-0.2, 0) is 23.1 Å². The summed E-state index contributed by atoms with van der Waals surface area (Å²) in [5.74, 6) is 0.260. The van der Waals surface area contributed by atoms with Crippen LogP contribution >= 0.6 is 0 Å². The van der Waals surface area contributed by atoms with Crippen LogP contribution in [0, 0.1) is 0 Å². The monoisotopic (exact) mass is 351 g/mol. The Balaban J connectivity index is 1.90. The smallest absolute Gasteiger partial charge is 0.389 e. The lowest BCUT2D eigenvalue weighted by molar-refractivity contribution is -0.134. The maximum absolute atomic E-state index is 12.1. The summed E-state index contributed by atoms with van der Waals surface area (Å²) in [6.45, 7) is -0.159. The molecule has 0 saturated carbocycles. The molecule has 0 fully saturated rings. The molecule has 0 saturated heterocycles. The van der Waals surface area contributed by atoms with Crippen molar-refractivity contribution in [3.05, 3.63) is 36.0 Å². The first-order valence-corrected chi connectivity index (χ1v) is 7.82.